The number of hydrogen-bond donors (Lipinski definition) is 0. The molecule has 82 valence electrons. The summed E-state index contributed by atoms with van der Waals surface area (Å²) < 4.78 is 12.2. The fraction of sp³-hybridized carbons (Fsp3) is 0.500. The summed E-state index contributed by atoms with van der Waals surface area (Å²) in [6, 6.07) is 8.13. The Balaban J connectivity index is 1.75. The predicted octanol–water partition coefficient (Wildman–Crippen LogP) is 3.14. The third kappa shape index (κ3) is 3.30. The van der Waals surface area contributed by atoms with Gasteiger partial charge in [0.1, 0.15) is 0 Å². The summed E-state index contributed by atoms with van der Waals surface area (Å²) in [6.07, 6.45) is 2.62. The van der Waals surface area contributed by atoms with Crippen LogP contribution in [0.15, 0.2) is 28.7 Å². The van der Waals surface area contributed by atoms with Crippen LogP contribution in [0.3, 0.4) is 0 Å². The molecule has 0 spiro atoms. The monoisotopic (exact) mass is 270 g/mol. The highest BCUT2D eigenvalue weighted by Gasteiger charge is 2.15. The zero-order valence-corrected chi connectivity index (χ0v) is 10.2. The molecule has 2 rings (SSSR count). The number of rotatable bonds is 4. The molecule has 0 amide bonds. The molecule has 1 aliphatic rings. The molecule has 1 heterocycles. The molecule has 0 bridgehead atoms. The fourth-order valence-electron chi connectivity index (χ4n) is 1.69. The maximum absolute atomic E-state index is 5.63. The van der Waals surface area contributed by atoms with E-state index in [2.05, 4.69) is 22.0 Å². The lowest BCUT2D eigenvalue weighted by atomic mass is 10.2. The zero-order chi connectivity index (χ0) is 10.5. The standard InChI is InChI=1S/C12H15BrO2/c13-12-6-2-1-4-10(12)8-14-9-11-5-3-7-15-11/h1-2,4,6,11H,3,5,7-9H2. The van der Waals surface area contributed by atoms with E-state index in [9.17, 15) is 0 Å². The van der Waals surface area contributed by atoms with E-state index in [-0.39, 0.29) is 0 Å². The summed E-state index contributed by atoms with van der Waals surface area (Å²) in [6.45, 7) is 2.26. The predicted molar refractivity (Wildman–Crippen MR) is 62.8 cm³/mol. The number of halogens is 1. The van der Waals surface area contributed by atoms with E-state index in [1.165, 1.54) is 12.0 Å². The van der Waals surface area contributed by atoms with Crippen molar-refractivity contribution in [1.82, 2.24) is 0 Å². The quantitative estimate of drug-likeness (QED) is 0.837. The second kappa shape index (κ2) is 5.64. The van der Waals surface area contributed by atoms with Crippen LogP contribution in [-0.2, 0) is 16.1 Å². The topological polar surface area (TPSA) is 18.5 Å². The molecule has 0 N–H and O–H groups in total. The number of hydrogen-bond acceptors (Lipinski definition) is 2. The van der Waals surface area contributed by atoms with Gasteiger partial charge in [0.25, 0.3) is 0 Å². The Morgan fingerprint density at radius 2 is 2.27 bits per heavy atom. The molecule has 0 radical (unpaired) electrons. The lowest BCUT2D eigenvalue weighted by Gasteiger charge is -2.10. The molecule has 1 aromatic carbocycles. The Bertz CT molecular complexity index is 308. The summed E-state index contributed by atoms with van der Waals surface area (Å²) in [7, 11) is 0. The van der Waals surface area contributed by atoms with E-state index in [0.29, 0.717) is 19.3 Å². The van der Waals surface area contributed by atoms with Crippen molar-refractivity contribution in [3.63, 3.8) is 0 Å². The van der Waals surface area contributed by atoms with Gasteiger partial charge in [-0.05, 0) is 24.5 Å². The fourth-order valence-corrected chi connectivity index (χ4v) is 2.09. The third-order valence-corrected chi connectivity index (χ3v) is 3.32. The Hall–Kier alpha value is -0.380. The van der Waals surface area contributed by atoms with Crippen molar-refractivity contribution in [3.8, 4) is 0 Å². The molecule has 2 nitrogen and oxygen atoms in total. The van der Waals surface area contributed by atoms with Crippen LogP contribution < -0.4 is 0 Å². The lowest BCUT2D eigenvalue weighted by molar-refractivity contribution is 0.0104. The zero-order valence-electron chi connectivity index (χ0n) is 8.62. The van der Waals surface area contributed by atoms with E-state index in [1.54, 1.807) is 0 Å². The second-order valence-electron chi connectivity index (χ2n) is 3.74. The smallest absolute Gasteiger partial charge is 0.0809 e. The third-order valence-electron chi connectivity index (χ3n) is 2.54. The van der Waals surface area contributed by atoms with E-state index < -0.39 is 0 Å². The van der Waals surface area contributed by atoms with Crippen molar-refractivity contribution in [3.05, 3.63) is 34.3 Å². The van der Waals surface area contributed by atoms with E-state index >= 15 is 0 Å². The molecule has 0 aliphatic carbocycles. The molecule has 0 aromatic heterocycles. The molecule has 0 saturated carbocycles. The van der Waals surface area contributed by atoms with Gasteiger partial charge in [0.2, 0.25) is 0 Å². The molecular weight excluding hydrogens is 256 g/mol. The Morgan fingerprint density at radius 3 is 3.00 bits per heavy atom. The Morgan fingerprint density at radius 1 is 1.40 bits per heavy atom. The summed E-state index contributed by atoms with van der Waals surface area (Å²) in [5.41, 5.74) is 1.19. The maximum atomic E-state index is 5.63. The molecule has 1 aromatic rings. The van der Waals surface area contributed by atoms with Gasteiger partial charge in [0, 0.05) is 11.1 Å². The van der Waals surface area contributed by atoms with Crippen LogP contribution in [-0.4, -0.2) is 19.3 Å². The van der Waals surface area contributed by atoms with Gasteiger partial charge in [0.15, 0.2) is 0 Å². The minimum atomic E-state index is 0.312. The van der Waals surface area contributed by atoms with Crippen molar-refractivity contribution in [2.45, 2.75) is 25.6 Å². The molecule has 15 heavy (non-hydrogen) atoms. The highest BCUT2D eigenvalue weighted by atomic mass is 79.9. The van der Waals surface area contributed by atoms with Crippen molar-refractivity contribution in [2.24, 2.45) is 0 Å². The van der Waals surface area contributed by atoms with Gasteiger partial charge in [-0.25, -0.2) is 0 Å². The molecule has 1 aliphatic heterocycles. The second-order valence-corrected chi connectivity index (χ2v) is 4.60. The average molecular weight is 271 g/mol. The van der Waals surface area contributed by atoms with Crippen LogP contribution in [0.4, 0.5) is 0 Å². The van der Waals surface area contributed by atoms with Crippen LogP contribution in [0.1, 0.15) is 18.4 Å². The van der Waals surface area contributed by atoms with Crippen molar-refractivity contribution >= 4 is 15.9 Å². The number of benzene rings is 1. The first kappa shape index (κ1) is 11.1. The normalized spacial score (nSPS) is 20.7. The van der Waals surface area contributed by atoms with E-state index in [4.69, 9.17) is 9.47 Å². The first-order valence-corrected chi connectivity index (χ1v) is 6.08. The minimum Gasteiger partial charge on any atom is -0.376 e. The number of ether oxygens (including phenoxy) is 2. The molecule has 1 saturated heterocycles. The van der Waals surface area contributed by atoms with Crippen LogP contribution >= 0.6 is 15.9 Å². The Kier molecular flexibility index (Phi) is 4.18. The molecular formula is C12H15BrO2. The summed E-state index contributed by atoms with van der Waals surface area (Å²) in [5.74, 6) is 0. The summed E-state index contributed by atoms with van der Waals surface area (Å²) in [4.78, 5) is 0. The molecule has 1 atom stereocenters. The maximum Gasteiger partial charge on any atom is 0.0809 e. The summed E-state index contributed by atoms with van der Waals surface area (Å²) in [5, 5.41) is 0. The van der Waals surface area contributed by atoms with Crippen LogP contribution in [0.2, 0.25) is 0 Å². The van der Waals surface area contributed by atoms with E-state index in [0.717, 1.165) is 17.5 Å². The van der Waals surface area contributed by atoms with Crippen molar-refractivity contribution in [2.75, 3.05) is 13.2 Å². The minimum absolute atomic E-state index is 0.312. The molecule has 3 heteroatoms. The van der Waals surface area contributed by atoms with Gasteiger partial charge in [0.05, 0.1) is 19.3 Å². The van der Waals surface area contributed by atoms with Crippen molar-refractivity contribution < 1.29 is 9.47 Å². The Labute approximate surface area is 98.7 Å². The molecule has 1 fully saturated rings. The van der Waals surface area contributed by atoms with Gasteiger partial charge in [-0.15, -0.1) is 0 Å². The highest BCUT2D eigenvalue weighted by molar-refractivity contribution is 9.10. The van der Waals surface area contributed by atoms with Gasteiger partial charge in [-0.3, -0.25) is 0 Å². The lowest BCUT2D eigenvalue weighted by Crippen LogP contribution is -2.13. The van der Waals surface area contributed by atoms with Gasteiger partial charge >= 0.3 is 0 Å². The van der Waals surface area contributed by atoms with Gasteiger partial charge < -0.3 is 9.47 Å². The largest absolute Gasteiger partial charge is 0.376 e. The average Bonchev–Trinajstić information content (AvgIpc) is 2.74. The van der Waals surface area contributed by atoms with Crippen LogP contribution in [0.5, 0.6) is 0 Å². The SMILES string of the molecule is Brc1ccccc1COCC1CCCO1. The molecule has 1 unspecified atom stereocenters. The van der Waals surface area contributed by atoms with E-state index in [1.807, 2.05) is 18.2 Å². The van der Waals surface area contributed by atoms with Gasteiger partial charge in [-0.1, -0.05) is 34.1 Å². The highest BCUT2D eigenvalue weighted by Crippen LogP contribution is 2.18. The van der Waals surface area contributed by atoms with Crippen LogP contribution in [0.25, 0.3) is 0 Å². The first-order chi connectivity index (χ1) is 7.36. The first-order valence-electron chi connectivity index (χ1n) is 5.29. The van der Waals surface area contributed by atoms with Gasteiger partial charge in [-0.2, -0.15) is 0 Å². The summed E-state index contributed by atoms with van der Waals surface area (Å²) >= 11 is 3.50. The van der Waals surface area contributed by atoms with Crippen LogP contribution in [0, 0.1) is 0 Å². The van der Waals surface area contributed by atoms with Crippen molar-refractivity contribution in [1.29, 1.82) is 0 Å².